The fourth-order valence-corrected chi connectivity index (χ4v) is 3.14. The molecule has 0 heterocycles. The Bertz CT molecular complexity index is 388. The van der Waals surface area contributed by atoms with Crippen LogP contribution < -0.4 is 10.5 Å². The smallest absolute Gasteiger partial charge is 0.119 e. The maximum absolute atomic E-state index is 10.5. The van der Waals surface area contributed by atoms with Gasteiger partial charge in [-0.15, -0.1) is 0 Å². The molecule has 2 unspecified atom stereocenters. The van der Waals surface area contributed by atoms with Crippen LogP contribution in [0.1, 0.15) is 43.6 Å². The third-order valence-corrected chi connectivity index (χ3v) is 4.29. The van der Waals surface area contributed by atoms with E-state index < -0.39 is 0 Å². The van der Waals surface area contributed by atoms with Crippen LogP contribution in [0, 0.1) is 5.92 Å². The van der Waals surface area contributed by atoms with Crippen LogP contribution in [0.3, 0.4) is 0 Å². The molecule has 0 amide bonds. The first-order valence-electron chi connectivity index (χ1n) is 7.26. The highest BCUT2D eigenvalue weighted by atomic mass is 16.5. The molecule has 1 aromatic rings. The summed E-state index contributed by atoms with van der Waals surface area (Å²) >= 11 is 0. The van der Waals surface area contributed by atoms with Crippen LogP contribution >= 0.6 is 0 Å². The summed E-state index contributed by atoms with van der Waals surface area (Å²) < 4.78 is 5.24. The predicted molar refractivity (Wildman–Crippen MR) is 77.4 cm³/mol. The van der Waals surface area contributed by atoms with Gasteiger partial charge in [-0.2, -0.15) is 0 Å². The Kier molecular flexibility index (Phi) is 5.23. The molecule has 2 rings (SSSR count). The van der Waals surface area contributed by atoms with E-state index in [1.54, 1.807) is 7.11 Å². The minimum absolute atomic E-state index is 0.00991. The van der Waals surface area contributed by atoms with Gasteiger partial charge in [0.2, 0.25) is 0 Å². The van der Waals surface area contributed by atoms with E-state index >= 15 is 0 Å². The predicted octanol–water partition coefficient (Wildman–Crippen LogP) is 2.68. The first-order valence-corrected chi connectivity index (χ1v) is 7.26. The largest absolute Gasteiger partial charge is 0.497 e. The lowest BCUT2D eigenvalue weighted by Gasteiger charge is -2.24. The van der Waals surface area contributed by atoms with Crippen molar-refractivity contribution in [2.24, 2.45) is 11.7 Å². The second-order valence-corrected chi connectivity index (χ2v) is 5.57. The molecule has 1 aromatic carbocycles. The summed E-state index contributed by atoms with van der Waals surface area (Å²) in [5, 5.41) is 10.5. The minimum atomic E-state index is -0.347. The minimum Gasteiger partial charge on any atom is -0.497 e. The van der Waals surface area contributed by atoms with Gasteiger partial charge in [0.05, 0.1) is 13.2 Å². The maximum atomic E-state index is 10.5. The van der Waals surface area contributed by atoms with Crippen LogP contribution in [0.5, 0.6) is 5.75 Å². The van der Waals surface area contributed by atoms with Gasteiger partial charge in [-0.3, -0.25) is 0 Å². The zero-order chi connectivity index (χ0) is 13.7. The Hall–Kier alpha value is -1.06. The molecule has 1 aliphatic rings. The first-order chi connectivity index (χ1) is 9.24. The van der Waals surface area contributed by atoms with E-state index in [0.717, 1.165) is 17.7 Å². The number of rotatable bonds is 6. The van der Waals surface area contributed by atoms with Gasteiger partial charge in [-0.25, -0.2) is 0 Å². The van der Waals surface area contributed by atoms with Gasteiger partial charge in [0, 0.05) is 12.5 Å². The van der Waals surface area contributed by atoms with Crippen molar-refractivity contribution in [3.8, 4) is 5.75 Å². The first kappa shape index (κ1) is 14.4. The lowest BCUT2D eigenvalue weighted by Crippen LogP contribution is -2.27. The molecule has 1 saturated carbocycles. The fourth-order valence-electron chi connectivity index (χ4n) is 3.14. The van der Waals surface area contributed by atoms with E-state index in [1.165, 1.54) is 25.7 Å². The van der Waals surface area contributed by atoms with Crippen LogP contribution in [0.4, 0.5) is 0 Å². The number of aliphatic hydroxyl groups excluding tert-OH is 1. The highest BCUT2D eigenvalue weighted by molar-refractivity contribution is 5.31. The lowest BCUT2D eigenvalue weighted by molar-refractivity contribution is 0.116. The number of nitrogens with two attached hydrogens (primary N) is 1. The molecule has 3 heteroatoms. The van der Waals surface area contributed by atoms with Crippen LogP contribution in [-0.4, -0.2) is 24.9 Å². The van der Waals surface area contributed by atoms with E-state index in [4.69, 9.17) is 10.5 Å². The Morgan fingerprint density at radius 1 is 1.37 bits per heavy atom. The van der Waals surface area contributed by atoms with Crippen molar-refractivity contribution >= 4 is 0 Å². The average Bonchev–Trinajstić information content (AvgIpc) is 2.92. The summed E-state index contributed by atoms with van der Waals surface area (Å²) in [5.74, 6) is 1.51. The van der Waals surface area contributed by atoms with E-state index in [1.807, 2.05) is 24.3 Å². The molecule has 0 radical (unpaired) electrons. The molecule has 0 spiro atoms. The third-order valence-electron chi connectivity index (χ3n) is 4.29. The van der Waals surface area contributed by atoms with Crippen molar-refractivity contribution in [3.63, 3.8) is 0 Å². The Balaban J connectivity index is 2.04. The number of hydrogen-bond acceptors (Lipinski definition) is 3. The lowest BCUT2D eigenvalue weighted by atomic mass is 9.87. The molecule has 106 valence electrons. The number of aliphatic hydroxyl groups is 1. The summed E-state index contributed by atoms with van der Waals surface area (Å²) in [6, 6.07) is 7.88. The summed E-state index contributed by atoms with van der Waals surface area (Å²) in [6.45, 7) is 0.473. The Labute approximate surface area is 115 Å². The third kappa shape index (κ3) is 3.71. The van der Waals surface area contributed by atoms with Gasteiger partial charge >= 0.3 is 0 Å². The summed E-state index contributed by atoms with van der Waals surface area (Å²) in [4.78, 5) is 0. The number of hydrogen-bond donors (Lipinski definition) is 2. The molecule has 3 N–H and O–H groups in total. The normalized spacial score (nSPS) is 19.3. The topological polar surface area (TPSA) is 55.5 Å². The quantitative estimate of drug-likeness (QED) is 0.829. The zero-order valence-corrected chi connectivity index (χ0v) is 11.7. The molecular formula is C16H25NO2. The van der Waals surface area contributed by atoms with E-state index in [-0.39, 0.29) is 12.0 Å². The summed E-state index contributed by atoms with van der Waals surface area (Å²) in [7, 11) is 1.66. The molecule has 1 aliphatic carbocycles. The number of ether oxygens (including phenoxy) is 1. The highest BCUT2D eigenvalue weighted by Gasteiger charge is 2.25. The zero-order valence-electron chi connectivity index (χ0n) is 11.7. The molecule has 19 heavy (non-hydrogen) atoms. The fraction of sp³-hybridized carbons (Fsp3) is 0.625. The Morgan fingerprint density at radius 2 is 2.11 bits per heavy atom. The average molecular weight is 263 g/mol. The molecular weight excluding hydrogens is 238 g/mol. The van der Waals surface area contributed by atoms with Crippen LogP contribution in [-0.2, 0) is 0 Å². The SMILES string of the molecule is COc1cccc(C(CN)C(O)CC2CCCC2)c1. The standard InChI is InChI=1S/C16H25NO2/c1-19-14-8-4-7-13(10-14)15(11-17)16(18)9-12-5-2-3-6-12/h4,7-8,10,12,15-16,18H,2-3,5-6,9,11,17H2,1H3. The summed E-state index contributed by atoms with van der Waals surface area (Å²) in [6.07, 6.45) is 5.66. The van der Waals surface area contributed by atoms with Crippen LogP contribution in [0.2, 0.25) is 0 Å². The van der Waals surface area contributed by atoms with Gasteiger partial charge in [0.15, 0.2) is 0 Å². The molecule has 0 aliphatic heterocycles. The molecule has 0 bridgehead atoms. The maximum Gasteiger partial charge on any atom is 0.119 e. The van der Waals surface area contributed by atoms with Gasteiger partial charge in [-0.05, 0) is 30.0 Å². The number of methoxy groups -OCH3 is 1. The van der Waals surface area contributed by atoms with Gasteiger partial charge in [0.25, 0.3) is 0 Å². The van der Waals surface area contributed by atoms with E-state index in [9.17, 15) is 5.11 Å². The number of benzene rings is 1. The Morgan fingerprint density at radius 3 is 2.74 bits per heavy atom. The second-order valence-electron chi connectivity index (χ2n) is 5.57. The monoisotopic (exact) mass is 263 g/mol. The highest BCUT2D eigenvalue weighted by Crippen LogP contribution is 2.32. The van der Waals surface area contributed by atoms with Crippen LogP contribution in [0.15, 0.2) is 24.3 Å². The van der Waals surface area contributed by atoms with Crippen molar-refractivity contribution < 1.29 is 9.84 Å². The molecule has 1 fully saturated rings. The van der Waals surface area contributed by atoms with Crippen molar-refractivity contribution in [2.75, 3.05) is 13.7 Å². The van der Waals surface area contributed by atoms with E-state index in [0.29, 0.717) is 12.5 Å². The molecule has 0 saturated heterocycles. The summed E-state index contributed by atoms with van der Waals surface area (Å²) in [5.41, 5.74) is 6.95. The van der Waals surface area contributed by atoms with Crippen molar-refractivity contribution in [3.05, 3.63) is 29.8 Å². The van der Waals surface area contributed by atoms with Crippen LogP contribution in [0.25, 0.3) is 0 Å². The molecule has 2 atom stereocenters. The van der Waals surface area contributed by atoms with Gasteiger partial charge < -0.3 is 15.6 Å². The second kappa shape index (κ2) is 6.92. The van der Waals surface area contributed by atoms with Crippen molar-refractivity contribution in [1.82, 2.24) is 0 Å². The molecule has 3 nitrogen and oxygen atoms in total. The van der Waals surface area contributed by atoms with Gasteiger partial charge in [0.1, 0.15) is 5.75 Å². The van der Waals surface area contributed by atoms with Crippen molar-refractivity contribution in [2.45, 2.75) is 44.1 Å². The van der Waals surface area contributed by atoms with E-state index in [2.05, 4.69) is 0 Å². The molecule has 0 aromatic heterocycles. The van der Waals surface area contributed by atoms with Crippen molar-refractivity contribution in [1.29, 1.82) is 0 Å². The van der Waals surface area contributed by atoms with Gasteiger partial charge in [-0.1, -0.05) is 37.8 Å².